The molecule has 0 bridgehead atoms. The van der Waals surface area contributed by atoms with Crippen LogP contribution in [-0.4, -0.2) is 38.6 Å². The summed E-state index contributed by atoms with van der Waals surface area (Å²) < 4.78 is 25.3. The van der Waals surface area contributed by atoms with Crippen molar-refractivity contribution >= 4 is 44.7 Å². The van der Waals surface area contributed by atoms with Gasteiger partial charge in [0.05, 0.1) is 17.8 Å². The van der Waals surface area contributed by atoms with Crippen molar-refractivity contribution in [2.75, 3.05) is 17.5 Å². The fourth-order valence-electron chi connectivity index (χ4n) is 2.59. The third-order valence-corrected chi connectivity index (χ3v) is 4.91. The zero-order chi connectivity index (χ0) is 19.6. The quantitative estimate of drug-likeness (QED) is 0.405. The van der Waals surface area contributed by atoms with E-state index in [0.29, 0.717) is 51.8 Å². The third kappa shape index (κ3) is 5.54. The summed E-state index contributed by atoms with van der Waals surface area (Å²) in [6.07, 6.45) is 3.50. The minimum atomic E-state index is -3.37. The molecular formula is C17H21ClN6O2S. The van der Waals surface area contributed by atoms with Crippen LogP contribution in [0.3, 0.4) is 0 Å². The van der Waals surface area contributed by atoms with Crippen LogP contribution in [0.2, 0.25) is 0 Å². The van der Waals surface area contributed by atoms with Gasteiger partial charge in [-0.25, -0.2) is 13.4 Å². The van der Waals surface area contributed by atoms with E-state index >= 15 is 0 Å². The lowest BCUT2D eigenvalue weighted by atomic mass is 10.1. The van der Waals surface area contributed by atoms with Crippen LogP contribution in [0.4, 0.5) is 5.69 Å². The van der Waals surface area contributed by atoms with Gasteiger partial charge in [0.25, 0.3) is 0 Å². The summed E-state index contributed by atoms with van der Waals surface area (Å²) in [5, 5.41) is 11.4. The molecule has 1 aliphatic heterocycles. The number of amidine groups is 2. The molecule has 5 N–H and O–H groups in total. The monoisotopic (exact) mass is 408 g/mol. The number of aliphatic imine (C=N–C) groups is 2. The second-order valence-corrected chi connectivity index (χ2v) is 8.78. The van der Waals surface area contributed by atoms with Crippen molar-refractivity contribution in [3.8, 4) is 0 Å². The predicted molar refractivity (Wildman–Crippen MR) is 109 cm³/mol. The Morgan fingerprint density at radius 1 is 1.48 bits per heavy atom. The van der Waals surface area contributed by atoms with E-state index in [1.165, 1.54) is 0 Å². The van der Waals surface area contributed by atoms with Crippen LogP contribution in [0.1, 0.15) is 24.8 Å². The molecule has 0 radical (unpaired) electrons. The number of hydrogen-bond acceptors (Lipinski definition) is 6. The minimum absolute atomic E-state index is 0.236. The Labute approximate surface area is 163 Å². The number of nitrogens with zero attached hydrogens (tertiary/aromatic N) is 2. The van der Waals surface area contributed by atoms with Crippen molar-refractivity contribution < 1.29 is 8.42 Å². The topological polar surface area (TPSA) is 133 Å². The van der Waals surface area contributed by atoms with Crippen molar-refractivity contribution in [1.29, 1.82) is 5.41 Å². The Morgan fingerprint density at radius 2 is 2.22 bits per heavy atom. The highest BCUT2D eigenvalue weighted by Crippen LogP contribution is 2.31. The lowest BCUT2D eigenvalue weighted by molar-refractivity contribution is 0.607. The maximum absolute atomic E-state index is 11.4. The summed E-state index contributed by atoms with van der Waals surface area (Å²) in [5.41, 5.74) is 7.68. The molecule has 144 valence electrons. The molecule has 10 heteroatoms. The zero-order valence-electron chi connectivity index (χ0n) is 14.8. The number of hydrogen-bond donors (Lipinski definition) is 4. The molecule has 0 amide bonds. The van der Waals surface area contributed by atoms with Gasteiger partial charge < -0.3 is 16.5 Å². The summed E-state index contributed by atoms with van der Waals surface area (Å²) in [7, 11) is -3.37. The van der Waals surface area contributed by atoms with Crippen molar-refractivity contribution in [2.24, 2.45) is 21.6 Å². The smallest absolute Gasteiger partial charge is 0.229 e. The molecule has 1 heterocycles. The van der Waals surface area contributed by atoms with Crippen LogP contribution >= 0.6 is 11.6 Å². The van der Waals surface area contributed by atoms with E-state index < -0.39 is 10.0 Å². The molecule has 0 unspecified atom stereocenters. The van der Waals surface area contributed by atoms with Crippen molar-refractivity contribution in [3.63, 3.8) is 0 Å². The molecule has 1 saturated carbocycles. The average Bonchev–Trinajstić information content (AvgIpc) is 3.40. The van der Waals surface area contributed by atoms with E-state index in [9.17, 15) is 8.42 Å². The van der Waals surface area contributed by atoms with Crippen molar-refractivity contribution in [1.82, 2.24) is 5.32 Å². The number of nitrogens with one attached hydrogen (secondary N) is 3. The van der Waals surface area contributed by atoms with E-state index in [4.69, 9.17) is 22.7 Å². The largest absolute Gasteiger partial charge is 0.387 e. The molecule has 1 aliphatic carbocycles. The molecular weight excluding hydrogens is 388 g/mol. The van der Waals surface area contributed by atoms with Gasteiger partial charge in [0.15, 0.2) is 0 Å². The highest BCUT2D eigenvalue weighted by Gasteiger charge is 2.26. The highest BCUT2D eigenvalue weighted by atomic mass is 35.5. The fourth-order valence-corrected chi connectivity index (χ4v) is 3.30. The van der Waals surface area contributed by atoms with Gasteiger partial charge in [0.1, 0.15) is 17.5 Å². The Hall–Kier alpha value is -2.39. The second kappa shape index (κ2) is 7.69. The van der Waals surface area contributed by atoms with E-state index in [1.807, 2.05) is 0 Å². The van der Waals surface area contributed by atoms with Crippen LogP contribution in [0, 0.1) is 11.3 Å². The zero-order valence-corrected chi connectivity index (χ0v) is 16.4. The Morgan fingerprint density at radius 3 is 2.89 bits per heavy atom. The van der Waals surface area contributed by atoms with Gasteiger partial charge >= 0.3 is 0 Å². The molecule has 3 rings (SSSR count). The number of rotatable bonds is 7. The molecule has 2 aliphatic rings. The molecule has 0 atom stereocenters. The van der Waals surface area contributed by atoms with E-state index in [-0.39, 0.29) is 6.54 Å². The Balaban J connectivity index is 1.74. The Kier molecular flexibility index (Phi) is 5.52. The molecule has 1 fully saturated rings. The first-order valence-electron chi connectivity index (χ1n) is 8.40. The van der Waals surface area contributed by atoms with Crippen molar-refractivity contribution in [2.45, 2.75) is 19.3 Å². The van der Waals surface area contributed by atoms with Gasteiger partial charge in [-0.15, -0.1) is 0 Å². The van der Waals surface area contributed by atoms with Gasteiger partial charge in [-0.3, -0.25) is 9.71 Å². The maximum Gasteiger partial charge on any atom is 0.229 e. The van der Waals surface area contributed by atoms with E-state index in [1.54, 1.807) is 24.3 Å². The summed E-state index contributed by atoms with van der Waals surface area (Å²) in [6, 6.07) is 6.84. The van der Waals surface area contributed by atoms with Crippen LogP contribution in [-0.2, 0) is 10.0 Å². The lowest BCUT2D eigenvalue weighted by Crippen LogP contribution is -2.30. The predicted octanol–water partition coefficient (Wildman–Crippen LogP) is 1.99. The minimum Gasteiger partial charge on any atom is -0.387 e. The average molecular weight is 409 g/mol. The molecule has 0 saturated heterocycles. The number of nitrogens with two attached hydrogens (primary N) is 1. The van der Waals surface area contributed by atoms with Crippen LogP contribution < -0.4 is 15.8 Å². The van der Waals surface area contributed by atoms with E-state index in [2.05, 4.69) is 20.0 Å². The third-order valence-electron chi connectivity index (χ3n) is 4.01. The SMILES string of the molecule is CS(=O)(=O)Nc1cccc(C2=NCC(Cl)=C(N=C(N)CC(=N)C3CC3)N2)c1. The van der Waals surface area contributed by atoms with Gasteiger partial charge in [0.2, 0.25) is 10.0 Å². The number of anilines is 1. The first-order chi connectivity index (χ1) is 12.7. The van der Waals surface area contributed by atoms with Crippen LogP contribution in [0.25, 0.3) is 0 Å². The summed E-state index contributed by atoms with van der Waals surface area (Å²) in [4.78, 5) is 8.68. The van der Waals surface area contributed by atoms with Gasteiger partial charge in [-0.1, -0.05) is 23.7 Å². The number of benzene rings is 1. The summed E-state index contributed by atoms with van der Waals surface area (Å²) in [5.74, 6) is 1.57. The standard InChI is InChI=1S/C17H21ClN6O2S/c1-27(25,26)24-12-4-2-3-11(7-12)16-21-9-13(18)17(23-16)22-15(20)8-14(19)10-5-6-10/h2-4,7,10,19,24H,5-6,8-9H2,1H3,(H2,20,22)(H,21,23). The molecule has 0 aromatic heterocycles. The Bertz CT molecular complexity index is 963. The maximum atomic E-state index is 11.4. The molecule has 1 aromatic rings. The first-order valence-corrected chi connectivity index (χ1v) is 10.7. The van der Waals surface area contributed by atoms with Crippen LogP contribution in [0.5, 0.6) is 0 Å². The normalized spacial score (nSPS) is 18.0. The number of halogens is 1. The van der Waals surface area contributed by atoms with Crippen molar-refractivity contribution in [3.05, 3.63) is 40.7 Å². The summed E-state index contributed by atoms with van der Waals surface area (Å²) in [6.45, 7) is 0.236. The number of sulfonamides is 1. The molecule has 0 spiro atoms. The van der Waals surface area contributed by atoms with Gasteiger partial charge in [-0.2, -0.15) is 0 Å². The molecule has 27 heavy (non-hydrogen) atoms. The highest BCUT2D eigenvalue weighted by molar-refractivity contribution is 7.92. The van der Waals surface area contributed by atoms with Gasteiger partial charge in [-0.05, 0) is 30.9 Å². The molecule has 1 aromatic carbocycles. The summed E-state index contributed by atoms with van der Waals surface area (Å²) >= 11 is 6.21. The fraction of sp³-hybridized carbons (Fsp3) is 0.353. The van der Waals surface area contributed by atoms with Crippen LogP contribution in [0.15, 0.2) is 45.1 Å². The first kappa shape index (κ1) is 19.4. The second-order valence-electron chi connectivity index (χ2n) is 6.58. The van der Waals surface area contributed by atoms with Gasteiger partial charge in [0, 0.05) is 23.4 Å². The van der Waals surface area contributed by atoms with E-state index in [0.717, 1.165) is 19.1 Å². The molecule has 8 nitrogen and oxygen atoms in total. The lowest BCUT2D eigenvalue weighted by Gasteiger charge is -2.18.